The molecule has 2 nitrogen and oxygen atoms in total. The molecule has 0 N–H and O–H groups in total. The first kappa shape index (κ1) is 15.4. The third-order valence-electron chi connectivity index (χ3n) is 3.01. The fraction of sp³-hybridized carbons (Fsp3) is 0.200. The van der Waals surface area contributed by atoms with Gasteiger partial charge in [-0.1, -0.05) is 53.5 Å². The number of sulfone groups is 1. The van der Waals surface area contributed by atoms with Gasteiger partial charge in [-0.2, -0.15) is 0 Å². The zero-order valence-electron chi connectivity index (χ0n) is 10.9. The first-order chi connectivity index (χ1) is 9.37. The van der Waals surface area contributed by atoms with Gasteiger partial charge in [-0.3, -0.25) is 0 Å². The van der Waals surface area contributed by atoms with E-state index >= 15 is 0 Å². The predicted molar refractivity (Wildman–Crippen MR) is 84.0 cm³/mol. The van der Waals surface area contributed by atoms with Crippen molar-refractivity contribution in [1.82, 2.24) is 0 Å². The second kappa shape index (κ2) is 6.17. The van der Waals surface area contributed by atoms with Crippen LogP contribution in [0.4, 0.5) is 0 Å². The van der Waals surface area contributed by atoms with Crippen molar-refractivity contribution in [3.63, 3.8) is 0 Å². The second-order valence-corrected chi connectivity index (χ2v) is 7.59. The summed E-state index contributed by atoms with van der Waals surface area (Å²) in [7, 11) is -3.24. The molecule has 0 bridgehead atoms. The molecule has 0 aromatic heterocycles. The number of benzene rings is 2. The number of halogens is 2. The van der Waals surface area contributed by atoms with Crippen LogP contribution < -0.4 is 0 Å². The zero-order chi connectivity index (χ0) is 14.8. The monoisotopic (exact) mass is 328 g/mol. The van der Waals surface area contributed by atoms with Crippen LogP contribution in [0.25, 0.3) is 0 Å². The standard InChI is InChI=1S/C15H14Cl2O2S/c1-11-4-2-3-5-13(11)10-20(18,19)9-12-6-7-14(16)15(17)8-12/h2-8H,9-10H2,1H3. The summed E-state index contributed by atoms with van der Waals surface area (Å²) in [4.78, 5) is 0. The van der Waals surface area contributed by atoms with E-state index in [1.807, 2.05) is 31.2 Å². The van der Waals surface area contributed by atoms with Gasteiger partial charge in [0.2, 0.25) is 0 Å². The van der Waals surface area contributed by atoms with Crippen LogP contribution in [0, 0.1) is 6.92 Å². The van der Waals surface area contributed by atoms with Crippen molar-refractivity contribution in [3.8, 4) is 0 Å². The molecule has 0 saturated heterocycles. The molecule has 0 spiro atoms. The minimum absolute atomic E-state index is 0.0277. The van der Waals surface area contributed by atoms with Gasteiger partial charge in [0, 0.05) is 0 Å². The van der Waals surface area contributed by atoms with Crippen molar-refractivity contribution in [2.24, 2.45) is 0 Å². The summed E-state index contributed by atoms with van der Waals surface area (Å²) in [5.41, 5.74) is 2.45. The van der Waals surface area contributed by atoms with Gasteiger partial charge in [0.1, 0.15) is 0 Å². The number of hydrogen-bond donors (Lipinski definition) is 0. The zero-order valence-corrected chi connectivity index (χ0v) is 13.3. The van der Waals surface area contributed by atoms with E-state index in [1.165, 1.54) is 0 Å². The lowest BCUT2D eigenvalue weighted by molar-refractivity contribution is 0.594. The Bertz CT molecular complexity index is 724. The highest BCUT2D eigenvalue weighted by molar-refractivity contribution is 7.89. The molecule has 5 heteroatoms. The quantitative estimate of drug-likeness (QED) is 0.832. The Balaban J connectivity index is 2.19. The molecule has 2 rings (SSSR count). The highest BCUT2D eigenvalue weighted by Gasteiger charge is 2.15. The summed E-state index contributed by atoms with van der Waals surface area (Å²) < 4.78 is 24.5. The molecule has 2 aromatic rings. The van der Waals surface area contributed by atoms with Crippen LogP contribution in [0.2, 0.25) is 10.0 Å². The molecule has 0 aliphatic rings. The van der Waals surface area contributed by atoms with Crippen LogP contribution in [-0.4, -0.2) is 8.42 Å². The normalized spacial score (nSPS) is 11.6. The van der Waals surface area contributed by atoms with Gasteiger partial charge in [0.25, 0.3) is 0 Å². The van der Waals surface area contributed by atoms with Gasteiger partial charge in [-0.15, -0.1) is 0 Å². The molecule has 0 unspecified atom stereocenters. The molecule has 2 aromatic carbocycles. The Morgan fingerprint density at radius 1 is 0.950 bits per heavy atom. The average Bonchev–Trinajstić information content (AvgIpc) is 2.36. The molecule has 0 radical (unpaired) electrons. The Hall–Kier alpha value is -1.03. The first-order valence-corrected chi connectivity index (χ1v) is 8.64. The average molecular weight is 329 g/mol. The van der Waals surface area contributed by atoms with Gasteiger partial charge < -0.3 is 0 Å². The Morgan fingerprint density at radius 3 is 2.30 bits per heavy atom. The van der Waals surface area contributed by atoms with Gasteiger partial charge in [0.15, 0.2) is 9.84 Å². The largest absolute Gasteiger partial charge is 0.228 e. The van der Waals surface area contributed by atoms with E-state index in [4.69, 9.17) is 23.2 Å². The topological polar surface area (TPSA) is 34.1 Å². The summed E-state index contributed by atoms with van der Waals surface area (Å²) in [6.07, 6.45) is 0. The van der Waals surface area contributed by atoms with Gasteiger partial charge in [0.05, 0.1) is 21.6 Å². The maximum Gasteiger partial charge on any atom is 0.158 e. The predicted octanol–water partition coefficient (Wildman–Crippen LogP) is 4.42. The Morgan fingerprint density at radius 2 is 1.65 bits per heavy atom. The molecule has 0 aliphatic carbocycles. The fourth-order valence-corrected chi connectivity index (χ4v) is 3.85. The number of hydrogen-bond acceptors (Lipinski definition) is 2. The van der Waals surface area contributed by atoms with E-state index in [0.29, 0.717) is 15.6 Å². The SMILES string of the molecule is Cc1ccccc1CS(=O)(=O)Cc1ccc(Cl)c(Cl)c1. The smallest absolute Gasteiger partial charge is 0.158 e. The Kier molecular flexibility index (Phi) is 4.74. The molecule has 0 fully saturated rings. The highest BCUT2D eigenvalue weighted by Crippen LogP contribution is 2.24. The third-order valence-corrected chi connectivity index (χ3v) is 5.27. The first-order valence-electron chi connectivity index (χ1n) is 6.06. The van der Waals surface area contributed by atoms with Gasteiger partial charge >= 0.3 is 0 Å². The molecule has 0 heterocycles. The molecule has 0 amide bonds. The summed E-state index contributed by atoms with van der Waals surface area (Å²) >= 11 is 11.7. The van der Waals surface area contributed by atoms with Crippen molar-refractivity contribution in [2.75, 3.05) is 0 Å². The van der Waals surface area contributed by atoms with Crippen LogP contribution >= 0.6 is 23.2 Å². The van der Waals surface area contributed by atoms with Crippen molar-refractivity contribution < 1.29 is 8.42 Å². The van der Waals surface area contributed by atoms with Crippen LogP contribution in [0.15, 0.2) is 42.5 Å². The lowest BCUT2D eigenvalue weighted by Gasteiger charge is -2.08. The maximum atomic E-state index is 12.2. The molecule has 106 valence electrons. The molecule has 0 aliphatic heterocycles. The molecule has 0 saturated carbocycles. The Labute approximate surface area is 129 Å². The van der Waals surface area contributed by atoms with E-state index in [0.717, 1.165) is 11.1 Å². The van der Waals surface area contributed by atoms with Crippen LogP contribution in [0.5, 0.6) is 0 Å². The fourth-order valence-electron chi connectivity index (χ4n) is 1.94. The molecule has 20 heavy (non-hydrogen) atoms. The minimum atomic E-state index is -3.24. The summed E-state index contributed by atoms with van der Waals surface area (Å²) in [5, 5.41) is 0.793. The van der Waals surface area contributed by atoms with E-state index in [9.17, 15) is 8.42 Å². The lowest BCUT2D eigenvalue weighted by Crippen LogP contribution is -2.08. The molecular formula is C15H14Cl2O2S. The van der Waals surface area contributed by atoms with Gasteiger partial charge in [-0.05, 0) is 35.7 Å². The van der Waals surface area contributed by atoms with Crippen molar-refractivity contribution in [2.45, 2.75) is 18.4 Å². The van der Waals surface area contributed by atoms with Crippen molar-refractivity contribution in [1.29, 1.82) is 0 Å². The maximum absolute atomic E-state index is 12.2. The number of rotatable bonds is 4. The summed E-state index contributed by atoms with van der Waals surface area (Å²) in [6.45, 7) is 1.91. The number of aryl methyl sites for hydroxylation is 1. The third kappa shape index (κ3) is 3.98. The minimum Gasteiger partial charge on any atom is -0.228 e. The lowest BCUT2D eigenvalue weighted by atomic mass is 10.1. The van der Waals surface area contributed by atoms with Gasteiger partial charge in [-0.25, -0.2) is 8.42 Å². The van der Waals surface area contributed by atoms with E-state index < -0.39 is 9.84 Å². The highest BCUT2D eigenvalue weighted by atomic mass is 35.5. The summed E-state index contributed by atoms with van der Waals surface area (Å²) in [6, 6.07) is 12.4. The van der Waals surface area contributed by atoms with Crippen LogP contribution in [0.1, 0.15) is 16.7 Å². The van der Waals surface area contributed by atoms with E-state index in [-0.39, 0.29) is 11.5 Å². The van der Waals surface area contributed by atoms with Crippen LogP contribution in [0.3, 0.4) is 0 Å². The summed E-state index contributed by atoms with van der Waals surface area (Å²) in [5.74, 6) is -0.0157. The van der Waals surface area contributed by atoms with Crippen LogP contribution in [-0.2, 0) is 21.3 Å². The van der Waals surface area contributed by atoms with E-state index in [2.05, 4.69) is 0 Å². The van der Waals surface area contributed by atoms with E-state index in [1.54, 1.807) is 18.2 Å². The van der Waals surface area contributed by atoms with Crippen molar-refractivity contribution >= 4 is 33.0 Å². The molecule has 0 atom stereocenters. The molecular weight excluding hydrogens is 315 g/mol. The second-order valence-electron chi connectivity index (χ2n) is 4.71. The van der Waals surface area contributed by atoms with Crippen molar-refractivity contribution in [3.05, 3.63) is 69.2 Å².